The van der Waals surface area contributed by atoms with E-state index in [-0.39, 0.29) is 6.04 Å². The minimum absolute atomic E-state index is 0.234. The van der Waals surface area contributed by atoms with Crippen LogP contribution in [-0.4, -0.2) is 13.1 Å². The number of furan rings is 1. The van der Waals surface area contributed by atoms with Crippen LogP contribution in [0.2, 0.25) is 0 Å². The summed E-state index contributed by atoms with van der Waals surface area (Å²) in [5.74, 6) is 1.17. The standard InChI is InChI=1S/C15H15BrF3NO/c1-9(20-2)5-13-3-4-14(21-13)10-6-11(15(17,18)19)8-12(16)7-10/h3-4,6-9,20H,5H2,1-2H3. The lowest BCUT2D eigenvalue weighted by Crippen LogP contribution is -2.23. The molecule has 1 heterocycles. The molecule has 1 aromatic heterocycles. The summed E-state index contributed by atoms with van der Waals surface area (Å²) in [5, 5.41) is 3.08. The summed E-state index contributed by atoms with van der Waals surface area (Å²) < 4.78 is 44.5. The van der Waals surface area contributed by atoms with E-state index in [1.807, 2.05) is 14.0 Å². The molecule has 0 fully saturated rings. The van der Waals surface area contributed by atoms with E-state index in [1.165, 1.54) is 0 Å². The lowest BCUT2D eigenvalue weighted by Gasteiger charge is -2.09. The van der Waals surface area contributed by atoms with E-state index < -0.39 is 11.7 Å². The molecule has 1 atom stereocenters. The Hall–Kier alpha value is -1.27. The van der Waals surface area contributed by atoms with Crippen molar-refractivity contribution in [1.82, 2.24) is 5.32 Å². The molecule has 114 valence electrons. The highest BCUT2D eigenvalue weighted by molar-refractivity contribution is 9.10. The van der Waals surface area contributed by atoms with E-state index >= 15 is 0 Å². The quantitative estimate of drug-likeness (QED) is 0.839. The summed E-state index contributed by atoms with van der Waals surface area (Å²) in [6.45, 7) is 2.00. The lowest BCUT2D eigenvalue weighted by molar-refractivity contribution is -0.137. The van der Waals surface area contributed by atoms with Crippen LogP contribution in [0, 0.1) is 0 Å². The first-order valence-electron chi connectivity index (χ1n) is 6.43. The van der Waals surface area contributed by atoms with Gasteiger partial charge in [0.15, 0.2) is 0 Å². The number of hydrogen-bond acceptors (Lipinski definition) is 2. The van der Waals surface area contributed by atoms with Crippen molar-refractivity contribution < 1.29 is 17.6 Å². The Morgan fingerprint density at radius 1 is 1.24 bits per heavy atom. The molecular formula is C15H15BrF3NO. The van der Waals surface area contributed by atoms with Crippen molar-refractivity contribution in [3.8, 4) is 11.3 Å². The van der Waals surface area contributed by atoms with Crippen LogP contribution in [-0.2, 0) is 12.6 Å². The van der Waals surface area contributed by atoms with Crippen LogP contribution in [0.25, 0.3) is 11.3 Å². The van der Waals surface area contributed by atoms with E-state index in [2.05, 4.69) is 21.2 Å². The topological polar surface area (TPSA) is 25.2 Å². The minimum Gasteiger partial charge on any atom is -0.461 e. The number of benzene rings is 1. The third-order valence-corrected chi connectivity index (χ3v) is 3.63. The first-order valence-corrected chi connectivity index (χ1v) is 7.23. The Bertz CT molecular complexity index is 622. The maximum Gasteiger partial charge on any atom is 0.416 e. The summed E-state index contributed by atoms with van der Waals surface area (Å²) in [4.78, 5) is 0. The van der Waals surface area contributed by atoms with Crippen LogP contribution in [0.5, 0.6) is 0 Å². The van der Waals surface area contributed by atoms with Gasteiger partial charge in [0.25, 0.3) is 0 Å². The summed E-state index contributed by atoms with van der Waals surface area (Å²) in [7, 11) is 1.85. The molecule has 6 heteroatoms. The second-order valence-corrected chi connectivity index (χ2v) is 5.80. The molecule has 2 rings (SSSR count). The summed E-state index contributed by atoms with van der Waals surface area (Å²) in [6, 6.07) is 7.47. The molecule has 1 unspecified atom stereocenters. The summed E-state index contributed by atoms with van der Waals surface area (Å²) in [6.07, 6.45) is -3.70. The van der Waals surface area contributed by atoms with Crippen molar-refractivity contribution in [1.29, 1.82) is 0 Å². The van der Waals surface area contributed by atoms with Crippen molar-refractivity contribution >= 4 is 15.9 Å². The smallest absolute Gasteiger partial charge is 0.416 e. The molecule has 0 aliphatic rings. The molecule has 0 radical (unpaired) electrons. The van der Waals surface area contributed by atoms with Crippen molar-refractivity contribution in [3.63, 3.8) is 0 Å². The monoisotopic (exact) mass is 361 g/mol. The molecule has 0 saturated heterocycles. The zero-order valence-corrected chi connectivity index (χ0v) is 13.2. The lowest BCUT2D eigenvalue weighted by atomic mass is 10.1. The van der Waals surface area contributed by atoms with Gasteiger partial charge < -0.3 is 9.73 Å². The average molecular weight is 362 g/mol. The normalized spacial score (nSPS) is 13.4. The predicted molar refractivity (Wildman–Crippen MR) is 79.1 cm³/mol. The van der Waals surface area contributed by atoms with Crippen LogP contribution >= 0.6 is 15.9 Å². The minimum atomic E-state index is -4.38. The van der Waals surface area contributed by atoms with Gasteiger partial charge in [-0.1, -0.05) is 15.9 Å². The van der Waals surface area contributed by atoms with Gasteiger partial charge in [0.1, 0.15) is 11.5 Å². The fraction of sp³-hybridized carbons (Fsp3) is 0.333. The average Bonchev–Trinajstić information content (AvgIpc) is 2.85. The number of halogens is 4. The zero-order chi connectivity index (χ0) is 15.6. The zero-order valence-electron chi connectivity index (χ0n) is 11.6. The van der Waals surface area contributed by atoms with Crippen LogP contribution in [0.1, 0.15) is 18.2 Å². The van der Waals surface area contributed by atoms with E-state index in [4.69, 9.17) is 4.42 Å². The first-order chi connectivity index (χ1) is 9.79. The Balaban J connectivity index is 2.32. The number of alkyl halides is 3. The molecule has 0 bridgehead atoms. The Morgan fingerprint density at radius 2 is 1.95 bits per heavy atom. The molecule has 2 nitrogen and oxygen atoms in total. The van der Waals surface area contributed by atoms with Gasteiger partial charge in [0.2, 0.25) is 0 Å². The van der Waals surface area contributed by atoms with E-state index in [0.717, 1.165) is 17.9 Å². The van der Waals surface area contributed by atoms with Gasteiger partial charge in [-0.3, -0.25) is 0 Å². The third-order valence-electron chi connectivity index (χ3n) is 3.17. The van der Waals surface area contributed by atoms with E-state index in [1.54, 1.807) is 18.2 Å². The van der Waals surface area contributed by atoms with Gasteiger partial charge in [0.05, 0.1) is 5.56 Å². The number of rotatable bonds is 4. The maximum absolute atomic E-state index is 12.8. The molecular weight excluding hydrogens is 347 g/mol. The third kappa shape index (κ3) is 4.11. The van der Waals surface area contributed by atoms with Crippen LogP contribution < -0.4 is 5.32 Å². The van der Waals surface area contributed by atoms with Gasteiger partial charge >= 0.3 is 6.18 Å². The highest BCUT2D eigenvalue weighted by Gasteiger charge is 2.31. The molecule has 1 aromatic carbocycles. The van der Waals surface area contributed by atoms with Gasteiger partial charge in [-0.25, -0.2) is 0 Å². The Labute approximate surface area is 129 Å². The molecule has 1 N–H and O–H groups in total. The SMILES string of the molecule is CNC(C)Cc1ccc(-c2cc(Br)cc(C(F)(F)F)c2)o1. The van der Waals surface area contributed by atoms with E-state index in [0.29, 0.717) is 22.2 Å². The molecule has 0 spiro atoms. The molecule has 2 aromatic rings. The van der Waals surface area contributed by atoms with Crippen molar-refractivity contribution in [3.05, 3.63) is 46.1 Å². The van der Waals surface area contributed by atoms with Crippen LogP contribution in [0.3, 0.4) is 0 Å². The molecule has 0 amide bonds. The fourth-order valence-corrected chi connectivity index (χ4v) is 2.44. The number of nitrogens with one attached hydrogen (secondary N) is 1. The molecule has 0 aliphatic carbocycles. The van der Waals surface area contributed by atoms with Gasteiger partial charge in [0, 0.05) is 22.5 Å². The predicted octanol–water partition coefficient (Wildman–Crippen LogP) is 4.88. The second kappa shape index (κ2) is 6.23. The summed E-state index contributed by atoms with van der Waals surface area (Å²) in [5.41, 5.74) is -0.298. The van der Waals surface area contributed by atoms with Gasteiger partial charge in [-0.05, 0) is 44.3 Å². The van der Waals surface area contributed by atoms with Crippen molar-refractivity contribution in [2.75, 3.05) is 7.05 Å². The Kier molecular flexibility index (Phi) is 4.78. The molecule has 0 saturated carbocycles. The largest absolute Gasteiger partial charge is 0.461 e. The summed E-state index contributed by atoms with van der Waals surface area (Å²) >= 11 is 3.11. The fourth-order valence-electron chi connectivity index (χ4n) is 1.94. The van der Waals surface area contributed by atoms with Crippen molar-refractivity contribution in [2.45, 2.75) is 25.6 Å². The Morgan fingerprint density at radius 3 is 2.57 bits per heavy atom. The van der Waals surface area contributed by atoms with Crippen LogP contribution in [0.15, 0.2) is 39.2 Å². The van der Waals surface area contributed by atoms with Gasteiger partial charge in [-0.15, -0.1) is 0 Å². The highest BCUT2D eigenvalue weighted by Crippen LogP contribution is 2.35. The highest BCUT2D eigenvalue weighted by atomic mass is 79.9. The van der Waals surface area contributed by atoms with E-state index in [9.17, 15) is 13.2 Å². The second-order valence-electron chi connectivity index (χ2n) is 4.89. The molecule has 0 aliphatic heterocycles. The first kappa shape index (κ1) is 16.1. The van der Waals surface area contributed by atoms with Crippen molar-refractivity contribution in [2.24, 2.45) is 0 Å². The number of hydrogen-bond donors (Lipinski definition) is 1. The van der Waals surface area contributed by atoms with Gasteiger partial charge in [-0.2, -0.15) is 13.2 Å². The maximum atomic E-state index is 12.8. The number of likely N-dealkylation sites (N-methyl/N-ethyl adjacent to an activating group) is 1. The molecule has 21 heavy (non-hydrogen) atoms. The van der Waals surface area contributed by atoms with Crippen LogP contribution in [0.4, 0.5) is 13.2 Å².